The van der Waals surface area contributed by atoms with Gasteiger partial charge < -0.3 is 20.3 Å². The Morgan fingerprint density at radius 2 is 0.575 bits per heavy atom. The predicted molar refractivity (Wildman–Crippen MR) is 352 cm³/mol. The zero-order valence-corrected chi connectivity index (χ0v) is 54.6. The Hall–Kier alpha value is -1.40. The van der Waals surface area contributed by atoms with Crippen molar-refractivity contribution in [2.24, 2.45) is 0 Å². The van der Waals surface area contributed by atoms with E-state index in [1.807, 2.05) is 6.08 Å². The van der Waals surface area contributed by atoms with Crippen LogP contribution >= 0.6 is 0 Å². The molecule has 0 spiro atoms. The normalized spacial score (nSPS) is 12.5. The van der Waals surface area contributed by atoms with Gasteiger partial charge in [-0.05, 0) is 32.1 Å². The first-order valence-electron chi connectivity index (χ1n) is 37.0. The highest BCUT2D eigenvalue weighted by molar-refractivity contribution is 5.76. The van der Waals surface area contributed by atoms with Gasteiger partial charge in [0.2, 0.25) is 5.91 Å². The number of aliphatic hydroxyl groups is 2. The molecule has 476 valence electrons. The van der Waals surface area contributed by atoms with E-state index in [9.17, 15) is 19.8 Å². The summed E-state index contributed by atoms with van der Waals surface area (Å²) >= 11 is 0. The van der Waals surface area contributed by atoms with Crippen LogP contribution in [0.3, 0.4) is 0 Å². The molecule has 2 atom stereocenters. The first-order valence-corrected chi connectivity index (χ1v) is 37.0. The van der Waals surface area contributed by atoms with Gasteiger partial charge in [-0.15, -0.1) is 0 Å². The van der Waals surface area contributed by atoms with E-state index >= 15 is 0 Å². The fraction of sp³-hybridized carbons (Fsp3) is 0.946. The molecule has 0 aromatic heterocycles. The molecule has 2 unspecified atom stereocenters. The van der Waals surface area contributed by atoms with Crippen molar-refractivity contribution in [3.8, 4) is 0 Å². The molecular weight excluding hydrogens is 983 g/mol. The van der Waals surface area contributed by atoms with Gasteiger partial charge in [0.05, 0.1) is 25.4 Å². The molecule has 0 aliphatic rings. The number of aliphatic hydroxyl groups excluding tert-OH is 2. The number of hydrogen-bond donors (Lipinski definition) is 3. The van der Waals surface area contributed by atoms with Gasteiger partial charge in [-0.1, -0.05) is 392 Å². The number of amides is 1. The molecule has 0 rings (SSSR count). The lowest BCUT2D eigenvalue weighted by atomic mass is 10.0. The number of ether oxygens (including phenoxy) is 1. The molecule has 0 aliphatic carbocycles. The number of carbonyl (C=O) groups is 2. The van der Waals surface area contributed by atoms with Crippen LogP contribution in [-0.2, 0) is 14.3 Å². The van der Waals surface area contributed by atoms with Crippen molar-refractivity contribution in [1.29, 1.82) is 0 Å². The summed E-state index contributed by atoms with van der Waals surface area (Å²) in [4.78, 5) is 24.6. The minimum Gasteiger partial charge on any atom is -0.466 e. The zero-order chi connectivity index (χ0) is 57.8. The van der Waals surface area contributed by atoms with E-state index in [1.54, 1.807) is 6.08 Å². The van der Waals surface area contributed by atoms with E-state index in [-0.39, 0.29) is 18.5 Å². The summed E-state index contributed by atoms with van der Waals surface area (Å²) in [7, 11) is 0. The Morgan fingerprint density at radius 1 is 0.338 bits per heavy atom. The fourth-order valence-electron chi connectivity index (χ4n) is 11.9. The second-order valence-electron chi connectivity index (χ2n) is 25.6. The average molecular weight is 1130 g/mol. The minimum absolute atomic E-state index is 0.0204. The van der Waals surface area contributed by atoms with Gasteiger partial charge in [0.25, 0.3) is 0 Å². The predicted octanol–water partition coefficient (Wildman–Crippen LogP) is 23.9. The van der Waals surface area contributed by atoms with Gasteiger partial charge in [-0.2, -0.15) is 0 Å². The number of unbranched alkanes of at least 4 members (excludes halogenated alkanes) is 59. The summed E-state index contributed by atoms with van der Waals surface area (Å²) in [5.41, 5.74) is 0. The Kier molecular flexibility index (Phi) is 68.9. The van der Waals surface area contributed by atoms with Gasteiger partial charge >= 0.3 is 5.97 Å². The Morgan fingerprint density at radius 3 is 0.850 bits per heavy atom. The van der Waals surface area contributed by atoms with Gasteiger partial charge in [-0.25, -0.2) is 0 Å². The molecule has 0 aromatic rings. The molecule has 0 fully saturated rings. The molecule has 0 radical (unpaired) electrons. The third-order valence-corrected chi connectivity index (χ3v) is 17.6. The lowest BCUT2D eigenvalue weighted by Gasteiger charge is -2.20. The van der Waals surface area contributed by atoms with Crippen LogP contribution in [0.15, 0.2) is 12.2 Å². The lowest BCUT2D eigenvalue weighted by molar-refractivity contribution is -0.143. The topological polar surface area (TPSA) is 95.9 Å². The Labute approximate surface area is 501 Å². The largest absolute Gasteiger partial charge is 0.466 e. The number of carbonyl (C=O) groups excluding carboxylic acids is 2. The monoisotopic (exact) mass is 1130 g/mol. The van der Waals surface area contributed by atoms with E-state index in [1.165, 1.54) is 360 Å². The average Bonchev–Trinajstić information content (AvgIpc) is 3.46. The van der Waals surface area contributed by atoms with Crippen LogP contribution in [-0.4, -0.2) is 47.4 Å². The van der Waals surface area contributed by atoms with E-state index < -0.39 is 12.1 Å². The van der Waals surface area contributed by atoms with Crippen molar-refractivity contribution in [3.63, 3.8) is 0 Å². The SMILES string of the molecule is CCCCCCCCCCCCCCCCCCCCCCC/C=C/C(O)C(CO)NC(=O)CCCCCCCCCCCCCCCCCCCCCCCCCCCCCOC(=O)CCCCCCCCCCCCCCC. The van der Waals surface area contributed by atoms with E-state index in [0.29, 0.717) is 19.4 Å². The van der Waals surface area contributed by atoms with Crippen molar-refractivity contribution in [2.75, 3.05) is 13.2 Å². The van der Waals surface area contributed by atoms with Crippen molar-refractivity contribution in [2.45, 2.75) is 437 Å². The zero-order valence-electron chi connectivity index (χ0n) is 54.6. The van der Waals surface area contributed by atoms with Crippen molar-refractivity contribution in [3.05, 3.63) is 12.2 Å². The summed E-state index contributed by atoms with van der Waals surface area (Å²) in [5, 5.41) is 23.3. The molecule has 0 heterocycles. The summed E-state index contributed by atoms with van der Waals surface area (Å²) in [5.74, 6) is -0.0396. The maximum absolute atomic E-state index is 12.5. The van der Waals surface area contributed by atoms with E-state index in [4.69, 9.17) is 4.74 Å². The van der Waals surface area contributed by atoms with Crippen LogP contribution in [0.4, 0.5) is 0 Å². The highest BCUT2D eigenvalue weighted by Gasteiger charge is 2.18. The molecule has 0 saturated carbocycles. The first-order chi connectivity index (χ1) is 39.5. The third kappa shape index (κ3) is 65.7. The third-order valence-electron chi connectivity index (χ3n) is 17.6. The van der Waals surface area contributed by atoms with Crippen molar-refractivity contribution < 1.29 is 24.5 Å². The van der Waals surface area contributed by atoms with Crippen LogP contribution in [0, 0.1) is 0 Å². The Balaban J connectivity index is 3.37. The molecule has 6 nitrogen and oxygen atoms in total. The minimum atomic E-state index is -0.843. The van der Waals surface area contributed by atoms with Crippen molar-refractivity contribution in [1.82, 2.24) is 5.32 Å². The highest BCUT2D eigenvalue weighted by Crippen LogP contribution is 2.20. The van der Waals surface area contributed by atoms with Crippen molar-refractivity contribution >= 4 is 11.9 Å². The summed E-state index contributed by atoms with van der Waals surface area (Å²) in [6, 6.07) is -0.626. The molecule has 3 N–H and O–H groups in total. The van der Waals surface area contributed by atoms with Gasteiger partial charge in [0.1, 0.15) is 0 Å². The molecule has 0 aromatic carbocycles. The number of allylic oxidation sites excluding steroid dienone is 1. The van der Waals surface area contributed by atoms with Crippen LogP contribution < -0.4 is 5.32 Å². The second-order valence-corrected chi connectivity index (χ2v) is 25.6. The summed E-state index contributed by atoms with van der Waals surface area (Å²) in [6.45, 7) is 4.96. The summed E-state index contributed by atoms with van der Waals surface area (Å²) < 4.78 is 5.49. The molecule has 80 heavy (non-hydrogen) atoms. The standard InChI is InChI=1S/C74H145NO5/c1-3-5-7-9-11-13-15-17-18-19-20-21-27-30-33-36-39-43-46-50-54-58-62-66-72(77)71(70-76)75-73(78)67-63-59-55-51-47-44-40-37-34-31-28-25-23-22-24-26-29-32-35-38-41-45-49-53-57-61-65-69-80-74(79)68-64-60-56-52-48-42-16-14-12-10-8-6-4-2/h62,66,71-72,76-77H,3-61,63-65,67-70H2,1-2H3,(H,75,78)/b66-62+. The number of nitrogens with one attached hydrogen (secondary N) is 1. The van der Waals surface area contributed by atoms with Crippen LogP contribution in [0.25, 0.3) is 0 Å². The molecule has 1 amide bonds. The smallest absolute Gasteiger partial charge is 0.305 e. The number of hydrogen-bond acceptors (Lipinski definition) is 5. The lowest BCUT2D eigenvalue weighted by Crippen LogP contribution is -2.45. The van der Waals surface area contributed by atoms with E-state index in [2.05, 4.69) is 19.2 Å². The highest BCUT2D eigenvalue weighted by atomic mass is 16.5. The van der Waals surface area contributed by atoms with Gasteiger partial charge in [0.15, 0.2) is 0 Å². The maximum atomic E-state index is 12.5. The molecule has 0 bridgehead atoms. The molecule has 0 saturated heterocycles. The number of rotatable bonds is 70. The molecule has 0 aliphatic heterocycles. The van der Waals surface area contributed by atoms with Crippen LogP contribution in [0.1, 0.15) is 425 Å². The first kappa shape index (κ1) is 78.6. The van der Waals surface area contributed by atoms with E-state index in [0.717, 1.165) is 38.5 Å². The Bertz CT molecular complexity index is 1210. The van der Waals surface area contributed by atoms with Gasteiger partial charge in [0, 0.05) is 12.8 Å². The van der Waals surface area contributed by atoms with Crippen LogP contribution in [0.2, 0.25) is 0 Å². The van der Waals surface area contributed by atoms with Gasteiger partial charge in [-0.3, -0.25) is 9.59 Å². The quantitative estimate of drug-likeness (QED) is 0.0320. The fourth-order valence-corrected chi connectivity index (χ4v) is 11.9. The second kappa shape index (κ2) is 70.1. The molecule has 6 heteroatoms. The maximum Gasteiger partial charge on any atom is 0.305 e. The number of esters is 1. The van der Waals surface area contributed by atoms with Crippen LogP contribution in [0.5, 0.6) is 0 Å². The summed E-state index contributed by atoms with van der Waals surface area (Å²) in [6.07, 6.45) is 87.3. The molecular formula is C74H145NO5.